The molecule has 1 heterocycles. The third kappa shape index (κ3) is 2.87. The Balaban J connectivity index is 2.42. The largest absolute Gasteiger partial charge is 0.419 e. The van der Waals surface area contributed by atoms with E-state index < -0.39 is 23.6 Å². The van der Waals surface area contributed by atoms with Crippen molar-refractivity contribution in [3.63, 3.8) is 0 Å². The maximum atomic E-state index is 13.1. The molecule has 0 aliphatic carbocycles. The molecular weight excluding hydrogens is 262 g/mol. The van der Waals surface area contributed by atoms with Crippen molar-refractivity contribution in [2.45, 2.75) is 12.2 Å². The zero-order valence-electron chi connectivity index (χ0n) is 9.53. The summed E-state index contributed by atoms with van der Waals surface area (Å²) in [5.74, 6) is -1.33. The molecule has 0 saturated heterocycles. The van der Waals surface area contributed by atoms with Gasteiger partial charge in [0.25, 0.3) is 0 Å². The molecule has 0 bridgehead atoms. The number of nitrogens with two attached hydrogens (primary N) is 1. The van der Waals surface area contributed by atoms with Crippen LogP contribution in [0.5, 0.6) is 0 Å². The summed E-state index contributed by atoms with van der Waals surface area (Å²) in [7, 11) is 0. The molecule has 0 aliphatic heterocycles. The number of rotatable bonds is 2. The van der Waals surface area contributed by atoms with E-state index in [0.29, 0.717) is 11.8 Å². The van der Waals surface area contributed by atoms with Crippen molar-refractivity contribution >= 4 is 0 Å². The van der Waals surface area contributed by atoms with Gasteiger partial charge in [-0.2, -0.15) is 13.2 Å². The highest BCUT2D eigenvalue weighted by atomic mass is 19.4. The average Bonchev–Trinajstić information content (AvgIpc) is 2.38. The fourth-order valence-corrected chi connectivity index (χ4v) is 1.61. The van der Waals surface area contributed by atoms with E-state index in [2.05, 4.69) is 9.97 Å². The van der Waals surface area contributed by atoms with Crippen LogP contribution in [-0.2, 0) is 6.18 Å². The maximum Gasteiger partial charge on any atom is 0.419 e. The monoisotopic (exact) mass is 271 g/mol. The van der Waals surface area contributed by atoms with Gasteiger partial charge in [-0.3, -0.25) is 0 Å². The van der Waals surface area contributed by atoms with Crippen LogP contribution < -0.4 is 5.73 Å². The first kappa shape index (κ1) is 13.4. The van der Waals surface area contributed by atoms with Crippen LogP contribution in [0.1, 0.15) is 22.9 Å². The lowest BCUT2D eigenvalue weighted by Gasteiger charge is -2.14. The van der Waals surface area contributed by atoms with Crippen LogP contribution in [0.15, 0.2) is 36.8 Å². The van der Waals surface area contributed by atoms with Crippen molar-refractivity contribution in [2.75, 3.05) is 0 Å². The summed E-state index contributed by atoms with van der Waals surface area (Å²) in [5.41, 5.74) is 4.95. The predicted molar refractivity (Wildman–Crippen MR) is 59.5 cm³/mol. The third-order valence-corrected chi connectivity index (χ3v) is 2.58. The molecule has 3 nitrogen and oxygen atoms in total. The third-order valence-electron chi connectivity index (χ3n) is 2.58. The van der Waals surface area contributed by atoms with Crippen LogP contribution >= 0.6 is 0 Å². The Morgan fingerprint density at radius 2 is 1.89 bits per heavy atom. The zero-order chi connectivity index (χ0) is 14.0. The van der Waals surface area contributed by atoms with Gasteiger partial charge >= 0.3 is 6.18 Å². The van der Waals surface area contributed by atoms with Crippen LogP contribution in [0.3, 0.4) is 0 Å². The van der Waals surface area contributed by atoms with Gasteiger partial charge in [-0.25, -0.2) is 14.4 Å². The molecule has 7 heteroatoms. The standard InChI is InChI=1S/C12H9F4N3/c13-9-2-1-7(5-8(9)12(14,15)16)11(17)10-3-4-18-6-19-10/h1-6,11H,17H2. The summed E-state index contributed by atoms with van der Waals surface area (Å²) in [6.07, 6.45) is -2.09. The lowest BCUT2D eigenvalue weighted by atomic mass is 10.0. The van der Waals surface area contributed by atoms with Crippen molar-refractivity contribution in [3.8, 4) is 0 Å². The van der Waals surface area contributed by atoms with Gasteiger partial charge in [-0.15, -0.1) is 0 Å². The second-order valence-corrected chi connectivity index (χ2v) is 3.85. The van der Waals surface area contributed by atoms with Gasteiger partial charge in [0.15, 0.2) is 0 Å². The van der Waals surface area contributed by atoms with Crippen LogP contribution in [-0.4, -0.2) is 9.97 Å². The molecule has 2 rings (SSSR count). The van der Waals surface area contributed by atoms with Crippen LogP contribution in [0, 0.1) is 5.82 Å². The SMILES string of the molecule is NC(c1ccc(F)c(C(F)(F)F)c1)c1ccncn1. The van der Waals surface area contributed by atoms with Gasteiger partial charge in [-0.05, 0) is 23.8 Å². The number of aromatic nitrogens is 2. The predicted octanol–water partition coefficient (Wildman–Crippen LogP) is 2.68. The first-order valence-electron chi connectivity index (χ1n) is 5.27. The molecule has 1 unspecified atom stereocenters. The topological polar surface area (TPSA) is 51.8 Å². The van der Waals surface area contributed by atoms with Gasteiger partial charge in [0.1, 0.15) is 12.1 Å². The molecule has 0 fully saturated rings. The molecule has 100 valence electrons. The van der Waals surface area contributed by atoms with E-state index in [1.165, 1.54) is 24.7 Å². The number of hydrogen-bond donors (Lipinski definition) is 1. The Morgan fingerprint density at radius 3 is 2.47 bits per heavy atom. The van der Waals surface area contributed by atoms with Gasteiger partial charge in [-0.1, -0.05) is 6.07 Å². The highest BCUT2D eigenvalue weighted by Gasteiger charge is 2.34. The Morgan fingerprint density at radius 1 is 1.16 bits per heavy atom. The number of halogens is 4. The Kier molecular flexibility index (Phi) is 3.48. The average molecular weight is 271 g/mol. The molecule has 1 atom stereocenters. The van der Waals surface area contributed by atoms with Gasteiger partial charge < -0.3 is 5.73 Å². The second-order valence-electron chi connectivity index (χ2n) is 3.85. The smallest absolute Gasteiger partial charge is 0.319 e. The summed E-state index contributed by atoms with van der Waals surface area (Å²) < 4.78 is 50.9. The van der Waals surface area contributed by atoms with Crippen molar-refractivity contribution in [3.05, 3.63) is 59.4 Å². The first-order chi connectivity index (χ1) is 8.89. The summed E-state index contributed by atoms with van der Waals surface area (Å²) >= 11 is 0. The zero-order valence-corrected chi connectivity index (χ0v) is 9.53. The number of benzene rings is 1. The van der Waals surface area contributed by atoms with Crippen molar-refractivity contribution in [1.82, 2.24) is 9.97 Å². The molecule has 0 aliphatic rings. The highest BCUT2D eigenvalue weighted by molar-refractivity contribution is 5.33. The Labute approximate surface area is 106 Å². The summed E-state index contributed by atoms with van der Waals surface area (Å²) in [6.45, 7) is 0. The van der Waals surface area contributed by atoms with Gasteiger partial charge in [0, 0.05) is 6.20 Å². The first-order valence-corrected chi connectivity index (χ1v) is 5.27. The molecule has 0 spiro atoms. The van der Waals surface area contributed by atoms with Crippen LogP contribution in [0.2, 0.25) is 0 Å². The van der Waals surface area contributed by atoms with Crippen molar-refractivity contribution in [1.29, 1.82) is 0 Å². The highest BCUT2D eigenvalue weighted by Crippen LogP contribution is 2.33. The lowest BCUT2D eigenvalue weighted by molar-refractivity contribution is -0.140. The molecular formula is C12H9F4N3. The van der Waals surface area contributed by atoms with Crippen LogP contribution in [0.25, 0.3) is 0 Å². The molecule has 1 aromatic heterocycles. The molecule has 19 heavy (non-hydrogen) atoms. The Bertz CT molecular complexity index is 569. The van der Waals surface area contributed by atoms with Crippen LogP contribution in [0.4, 0.5) is 17.6 Å². The fourth-order valence-electron chi connectivity index (χ4n) is 1.61. The van der Waals surface area contributed by atoms with E-state index in [4.69, 9.17) is 5.73 Å². The van der Waals surface area contributed by atoms with E-state index in [-0.39, 0.29) is 5.56 Å². The quantitative estimate of drug-likeness (QED) is 0.854. The van der Waals surface area contributed by atoms with E-state index in [1.54, 1.807) is 0 Å². The second kappa shape index (κ2) is 4.93. The number of nitrogens with zero attached hydrogens (tertiary/aromatic N) is 2. The van der Waals surface area contributed by atoms with Crippen molar-refractivity contribution in [2.24, 2.45) is 5.73 Å². The lowest BCUT2D eigenvalue weighted by Crippen LogP contribution is -2.16. The molecule has 2 aromatic rings. The normalized spacial score (nSPS) is 13.3. The van der Waals surface area contributed by atoms with E-state index >= 15 is 0 Å². The maximum absolute atomic E-state index is 13.1. The molecule has 2 N–H and O–H groups in total. The van der Waals surface area contributed by atoms with Crippen molar-refractivity contribution < 1.29 is 17.6 Å². The Hall–Kier alpha value is -2.02. The molecule has 1 aromatic carbocycles. The fraction of sp³-hybridized carbons (Fsp3) is 0.167. The molecule has 0 amide bonds. The van der Waals surface area contributed by atoms with E-state index in [0.717, 1.165) is 6.07 Å². The minimum Gasteiger partial charge on any atom is -0.319 e. The van der Waals surface area contributed by atoms with E-state index in [1.807, 2.05) is 0 Å². The van der Waals surface area contributed by atoms with Gasteiger partial charge in [0.2, 0.25) is 0 Å². The minimum absolute atomic E-state index is 0.132. The van der Waals surface area contributed by atoms with Gasteiger partial charge in [0.05, 0.1) is 17.3 Å². The molecule has 0 saturated carbocycles. The minimum atomic E-state index is -4.76. The summed E-state index contributed by atoms with van der Waals surface area (Å²) in [6, 6.07) is 3.27. The number of hydrogen-bond acceptors (Lipinski definition) is 3. The van der Waals surface area contributed by atoms with E-state index in [9.17, 15) is 17.6 Å². The summed E-state index contributed by atoms with van der Waals surface area (Å²) in [4.78, 5) is 7.54. The number of alkyl halides is 3. The summed E-state index contributed by atoms with van der Waals surface area (Å²) in [5, 5.41) is 0. The molecule has 0 radical (unpaired) electrons.